The molecule has 2 fully saturated rings. The third-order valence-electron chi connectivity index (χ3n) is 4.25. The number of ether oxygens (including phenoxy) is 1. The molecule has 3 amide bonds. The minimum atomic E-state index is -0.979. The number of rotatable bonds is 2. The summed E-state index contributed by atoms with van der Waals surface area (Å²) in [6.45, 7) is 4.43. The fourth-order valence-corrected chi connectivity index (χ4v) is 2.73. The van der Waals surface area contributed by atoms with Crippen LogP contribution in [0.1, 0.15) is 13.8 Å². The van der Waals surface area contributed by atoms with Gasteiger partial charge in [0.25, 0.3) is 0 Å². The van der Waals surface area contributed by atoms with Gasteiger partial charge in [-0.1, -0.05) is 0 Å². The molecule has 2 aliphatic rings. The highest BCUT2D eigenvalue weighted by molar-refractivity contribution is 5.91. The molecule has 2 atom stereocenters. The molecule has 0 bridgehead atoms. The molecule has 0 saturated carbocycles. The number of carbonyl (C=O) groups excluding carboxylic acids is 2. The number of amides is 3. The lowest BCUT2D eigenvalue weighted by Gasteiger charge is -2.43. The molecule has 2 rings (SSSR count). The lowest BCUT2D eigenvalue weighted by atomic mass is 9.98. The maximum Gasteiger partial charge on any atom is 0.321 e. The summed E-state index contributed by atoms with van der Waals surface area (Å²) in [5.41, 5.74) is -0.957. The van der Waals surface area contributed by atoms with Gasteiger partial charge in [0.05, 0.1) is 19.3 Å². The van der Waals surface area contributed by atoms with Crippen molar-refractivity contribution in [3.63, 3.8) is 0 Å². The van der Waals surface area contributed by atoms with E-state index >= 15 is 0 Å². The number of carboxylic acids is 1. The molecule has 0 aliphatic carbocycles. The normalized spacial score (nSPS) is 28.1. The summed E-state index contributed by atoms with van der Waals surface area (Å²) in [6, 6.07) is -0.868. The zero-order chi connectivity index (χ0) is 15.8. The predicted molar refractivity (Wildman–Crippen MR) is 72.7 cm³/mol. The van der Waals surface area contributed by atoms with Crippen LogP contribution in [-0.2, 0) is 14.3 Å². The molecule has 0 aromatic carbocycles. The van der Waals surface area contributed by atoms with Gasteiger partial charge in [0.2, 0.25) is 5.91 Å². The van der Waals surface area contributed by atoms with Crippen LogP contribution in [0.2, 0.25) is 0 Å². The fourth-order valence-electron chi connectivity index (χ4n) is 2.73. The van der Waals surface area contributed by atoms with Crippen molar-refractivity contribution in [2.45, 2.75) is 25.4 Å². The van der Waals surface area contributed by atoms with Crippen LogP contribution in [0.5, 0.6) is 0 Å². The van der Waals surface area contributed by atoms with Crippen LogP contribution in [-0.4, -0.2) is 77.7 Å². The van der Waals surface area contributed by atoms with Gasteiger partial charge in [-0.15, -0.1) is 0 Å². The summed E-state index contributed by atoms with van der Waals surface area (Å²) >= 11 is 0. The molecule has 21 heavy (non-hydrogen) atoms. The molecular formula is C13H21N3O5. The lowest BCUT2D eigenvalue weighted by molar-refractivity contribution is -0.143. The number of carboxylic acid groups (broad SMARTS) is 1. The standard InChI is InChI=1S/C13H21N3O5/c1-13(2)11(19)14-4-5-16(13)12(20)15(3)9-7-21-6-8(9)10(17)18/h8-9H,4-7H2,1-3H3,(H,14,19)(H,17,18). The van der Waals surface area contributed by atoms with E-state index in [4.69, 9.17) is 4.74 Å². The van der Waals surface area contributed by atoms with Crippen LogP contribution in [0, 0.1) is 5.92 Å². The van der Waals surface area contributed by atoms with Gasteiger partial charge in [0.1, 0.15) is 11.5 Å². The lowest BCUT2D eigenvalue weighted by Crippen LogP contribution is -2.66. The Bertz CT molecular complexity index is 465. The quantitative estimate of drug-likeness (QED) is 0.706. The van der Waals surface area contributed by atoms with E-state index in [0.29, 0.717) is 13.1 Å². The molecule has 0 aromatic rings. The summed E-state index contributed by atoms with van der Waals surface area (Å²) < 4.78 is 5.19. The Labute approximate surface area is 123 Å². The molecule has 0 spiro atoms. The Hall–Kier alpha value is -1.83. The van der Waals surface area contributed by atoms with Gasteiger partial charge in [-0.05, 0) is 13.8 Å². The number of urea groups is 1. The minimum absolute atomic E-state index is 0.0987. The van der Waals surface area contributed by atoms with Crippen molar-refractivity contribution in [1.29, 1.82) is 0 Å². The van der Waals surface area contributed by atoms with Crippen molar-refractivity contribution in [1.82, 2.24) is 15.1 Å². The van der Waals surface area contributed by atoms with Gasteiger partial charge < -0.3 is 25.0 Å². The molecule has 8 nitrogen and oxygen atoms in total. The fraction of sp³-hybridized carbons (Fsp3) is 0.769. The predicted octanol–water partition coefficient (Wildman–Crippen LogP) is -0.652. The van der Waals surface area contributed by atoms with E-state index in [-0.39, 0.29) is 25.2 Å². The van der Waals surface area contributed by atoms with Crippen LogP contribution in [0.25, 0.3) is 0 Å². The van der Waals surface area contributed by atoms with E-state index in [0.717, 1.165) is 0 Å². The number of nitrogens with one attached hydrogen (secondary N) is 1. The second-order valence-electron chi connectivity index (χ2n) is 5.91. The van der Waals surface area contributed by atoms with E-state index in [2.05, 4.69) is 5.32 Å². The van der Waals surface area contributed by atoms with Gasteiger partial charge in [0, 0.05) is 20.1 Å². The van der Waals surface area contributed by atoms with E-state index in [1.807, 2.05) is 0 Å². The van der Waals surface area contributed by atoms with E-state index in [9.17, 15) is 19.5 Å². The zero-order valence-corrected chi connectivity index (χ0v) is 12.5. The topological polar surface area (TPSA) is 99.2 Å². The van der Waals surface area contributed by atoms with Crippen LogP contribution in [0.3, 0.4) is 0 Å². The molecule has 2 heterocycles. The molecular weight excluding hydrogens is 278 g/mol. The summed E-state index contributed by atoms with van der Waals surface area (Å²) in [5, 5.41) is 11.9. The second-order valence-corrected chi connectivity index (χ2v) is 5.91. The van der Waals surface area contributed by atoms with Crippen molar-refractivity contribution >= 4 is 17.9 Å². The summed E-state index contributed by atoms with van der Waals surface area (Å²) in [6.07, 6.45) is 0. The van der Waals surface area contributed by atoms with Crippen LogP contribution >= 0.6 is 0 Å². The SMILES string of the molecule is CN(C(=O)N1CCNC(=O)C1(C)C)C1COCC1C(=O)O. The zero-order valence-electron chi connectivity index (χ0n) is 12.5. The highest BCUT2D eigenvalue weighted by atomic mass is 16.5. The first-order chi connectivity index (χ1) is 9.76. The molecule has 2 saturated heterocycles. The first-order valence-corrected chi connectivity index (χ1v) is 6.90. The van der Waals surface area contributed by atoms with E-state index in [1.165, 1.54) is 9.80 Å². The van der Waals surface area contributed by atoms with Crippen LogP contribution in [0.15, 0.2) is 0 Å². The van der Waals surface area contributed by atoms with Gasteiger partial charge in [-0.3, -0.25) is 9.59 Å². The number of hydrogen-bond acceptors (Lipinski definition) is 4. The first kappa shape index (κ1) is 15.6. The maximum absolute atomic E-state index is 12.6. The molecule has 0 radical (unpaired) electrons. The molecule has 2 unspecified atom stereocenters. The number of piperazine rings is 1. The molecule has 8 heteroatoms. The third kappa shape index (κ3) is 2.67. The van der Waals surface area contributed by atoms with Crippen molar-refractivity contribution in [2.75, 3.05) is 33.4 Å². The van der Waals surface area contributed by atoms with Crippen LogP contribution < -0.4 is 5.32 Å². The average Bonchev–Trinajstić information content (AvgIpc) is 2.89. The minimum Gasteiger partial charge on any atom is -0.481 e. The maximum atomic E-state index is 12.6. The second kappa shape index (κ2) is 5.51. The first-order valence-electron chi connectivity index (χ1n) is 6.90. The number of carbonyl (C=O) groups is 3. The monoisotopic (exact) mass is 299 g/mol. The third-order valence-corrected chi connectivity index (χ3v) is 4.25. The number of hydrogen-bond donors (Lipinski definition) is 2. The Kier molecular flexibility index (Phi) is 4.08. The Balaban J connectivity index is 2.15. The van der Waals surface area contributed by atoms with Crippen molar-refractivity contribution < 1.29 is 24.2 Å². The smallest absolute Gasteiger partial charge is 0.321 e. The summed E-state index contributed by atoms with van der Waals surface area (Å²) in [7, 11) is 1.56. The number of aliphatic carboxylic acids is 1. The van der Waals surface area contributed by atoms with Crippen LogP contribution in [0.4, 0.5) is 4.79 Å². The van der Waals surface area contributed by atoms with Gasteiger partial charge in [-0.2, -0.15) is 0 Å². The number of nitrogens with zero attached hydrogens (tertiary/aromatic N) is 2. The highest BCUT2D eigenvalue weighted by Gasteiger charge is 2.45. The highest BCUT2D eigenvalue weighted by Crippen LogP contribution is 2.24. The molecule has 2 N–H and O–H groups in total. The molecule has 2 aliphatic heterocycles. The largest absolute Gasteiger partial charge is 0.481 e. The Morgan fingerprint density at radius 3 is 2.71 bits per heavy atom. The van der Waals surface area contributed by atoms with Gasteiger partial charge in [-0.25, -0.2) is 4.79 Å². The Morgan fingerprint density at radius 2 is 2.10 bits per heavy atom. The van der Waals surface area contributed by atoms with Gasteiger partial charge in [0.15, 0.2) is 0 Å². The average molecular weight is 299 g/mol. The van der Waals surface area contributed by atoms with Crippen molar-refractivity contribution in [3.8, 4) is 0 Å². The summed E-state index contributed by atoms with van der Waals surface area (Å²) in [5.74, 6) is -1.93. The van der Waals surface area contributed by atoms with E-state index < -0.39 is 23.5 Å². The van der Waals surface area contributed by atoms with E-state index in [1.54, 1.807) is 20.9 Å². The van der Waals surface area contributed by atoms with Crippen molar-refractivity contribution in [2.24, 2.45) is 5.92 Å². The molecule has 118 valence electrons. The van der Waals surface area contributed by atoms with Crippen molar-refractivity contribution in [3.05, 3.63) is 0 Å². The molecule has 0 aromatic heterocycles. The summed E-state index contributed by atoms with van der Waals surface area (Å²) in [4.78, 5) is 38.6. The van der Waals surface area contributed by atoms with Gasteiger partial charge >= 0.3 is 12.0 Å². The number of likely N-dealkylation sites (N-methyl/N-ethyl adjacent to an activating group) is 1. The Morgan fingerprint density at radius 1 is 1.43 bits per heavy atom.